The van der Waals surface area contributed by atoms with Crippen LogP contribution in [0, 0.1) is 0 Å². The number of benzene rings is 3. The van der Waals surface area contributed by atoms with E-state index in [2.05, 4.69) is 37.4 Å². The third-order valence-corrected chi connectivity index (χ3v) is 5.36. The van der Waals surface area contributed by atoms with Gasteiger partial charge in [-0.05, 0) is 97.5 Å². The number of hydrogen-bond acceptors (Lipinski definition) is 4. The van der Waals surface area contributed by atoms with Crippen LogP contribution in [-0.4, -0.2) is 11.9 Å². The van der Waals surface area contributed by atoms with E-state index in [1.807, 2.05) is 50.3 Å². The minimum absolute atomic E-state index is 0.350. The van der Waals surface area contributed by atoms with Gasteiger partial charge in [-0.15, -0.1) is 0 Å². The summed E-state index contributed by atoms with van der Waals surface area (Å²) in [6.45, 7) is 14.4. The number of allylic oxidation sites excluding steroid dienone is 2. The molecule has 0 N–H and O–H groups in total. The quantitative estimate of drug-likeness (QED) is 0.187. The molecule has 3 aromatic rings. The third kappa shape index (κ3) is 6.36. The first kappa shape index (κ1) is 26.2. The summed E-state index contributed by atoms with van der Waals surface area (Å²) in [4.78, 5) is 23.7. The molecule has 0 atom stereocenters. The van der Waals surface area contributed by atoms with Gasteiger partial charge >= 0.3 is 11.9 Å². The maximum absolute atomic E-state index is 11.8. The molecule has 4 heteroatoms. The van der Waals surface area contributed by atoms with Crippen LogP contribution in [0.4, 0.5) is 0 Å². The molecule has 182 valence electrons. The summed E-state index contributed by atoms with van der Waals surface area (Å²) in [6, 6.07) is 19.2. The van der Waals surface area contributed by atoms with E-state index >= 15 is 0 Å². The van der Waals surface area contributed by atoms with Crippen LogP contribution in [0.3, 0.4) is 0 Å². The first-order chi connectivity index (χ1) is 17.2. The van der Waals surface area contributed by atoms with Gasteiger partial charge in [0.15, 0.2) is 0 Å². The third-order valence-electron chi connectivity index (χ3n) is 5.36. The Kier molecular flexibility index (Phi) is 8.58. The van der Waals surface area contributed by atoms with Crippen molar-refractivity contribution in [3.8, 4) is 33.8 Å². The van der Waals surface area contributed by atoms with E-state index in [9.17, 15) is 9.59 Å². The first-order valence-electron chi connectivity index (χ1n) is 11.6. The highest BCUT2D eigenvalue weighted by Gasteiger charge is 2.13. The van der Waals surface area contributed by atoms with Gasteiger partial charge in [0.1, 0.15) is 11.5 Å². The molecule has 0 amide bonds. The van der Waals surface area contributed by atoms with Crippen LogP contribution in [-0.2, 0) is 9.59 Å². The maximum atomic E-state index is 11.8. The molecule has 0 heterocycles. The number of esters is 2. The lowest BCUT2D eigenvalue weighted by molar-refractivity contribution is -0.130. The summed E-state index contributed by atoms with van der Waals surface area (Å²) < 4.78 is 10.7. The highest BCUT2D eigenvalue weighted by atomic mass is 16.5. The molecule has 3 aromatic carbocycles. The van der Waals surface area contributed by atoms with E-state index in [1.54, 1.807) is 38.1 Å². The van der Waals surface area contributed by atoms with E-state index in [4.69, 9.17) is 9.47 Å². The highest BCUT2D eigenvalue weighted by Crippen LogP contribution is 2.35. The molecule has 0 saturated heterocycles. The molecule has 36 heavy (non-hydrogen) atoms. The summed E-state index contributed by atoms with van der Waals surface area (Å²) in [6.07, 6.45) is 8.13. The smallest absolute Gasteiger partial charge is 0.338 e. The summed E-state index contributed by atoms with van der Waals surface area (Å²) >= 11 is 0. The molecule has 0 fully saturated rings. The number of carbonyl (C=O) groups excluding carboxylic acids is 2. The van der Waals surface area contributed by atoms with Gasteiger partial charge in [0.05, 0.1) is 0 Å². The zero-order valence-electron chi connectivity index (χ0n) is 21.1. The lowest BCUT2D eigenvalue weighted by Crippen LogP contribution is -2.07. The van der Waals surface area contributed by atoms with Gasteiger partial charge in [0.2, 0.25) is 0 Å². The topological polar surface area (TPSA) is 52.6 Å². The predicted octanol–water partition coefficient (Wildman–Crippen LogP) is 8.05. The second-order valence-electron chi connectivity index (χ2n) is 8.42. The second-order valence-corrected chi connectivity index (χ2v) is 8.42. The van der Waals surface area contributed by atoms with Gasteiger partial charge in [-0.25, -0.2) is 9.59 Å². The minimum Gasteiger partial charge on any atom is -0.423 e. The molecule has 0 spiro atoms. The lowest BCUT2D eigenvalue weighted by atomic mass is 9.90. The van der Waals surface area contributed by atoms with Crippen molar-refractivity contribution in [2.45, 2.75) is 27.7 Å². The summed E-state index contributed by atoms with van der Waals surface area (Å²) in [7, 11) is 0. The van der Waals surface area contributed by atoms with Crippen molar-refractivity contribution < 1.29 is 19.1 Å². The van der Waals surface area contributed by atoms with Crippen LogP contribution in [0.1, 0.15) is 38.8 Å². The van der Waals surface area contributed by atoms with Crippen molar-refractivity contribution in [2.75, 3.05) is 0 Å². The summed E-state index contributed by atoms with van der Waals surface area (Å²) in [5.41, 5.74) is 6.89. The number of ether oxygens (including phenoxy) is 2. The minimum atomic E-state index is -0.447. The molecule has 0 saturated carbocycles. The molecule has 0 aromatic heterocycles. The largest absolute Gasteiger partial charge is 0.423 e. The Balaban J connectivity index is 2.03. The van der Waals surface area contributed by atoms with Crippen LogP contribution >= 0.6 is 0 Å². The van der Waals surface area contributed by atoms with E-state index in [1.165, 1.54) is 0 Å². The van der Waals surface area contributed by atoms with Crippen LogP contribution in [0.25, 0.3) is 34.4 Å². The fourth-order valence-electron chi connectivity index (χ4n) is 3.56. The summed E-state index contributed by atoms with van der Waals surface area (Å²) in [5.74, 6) is 0.0455. The Bertz CT molecular complexity index is 1250. The van der Waals surface area contributed by atoms with E-state index in [0.717, 1.165) is 33.4 Å². The maximum Gasteiger partial charge on any atom is 0.338 e. The van der Waals surface area contributed by atoms with E-state index in [0.29, 0.717) is 22.6 Å². The highest BCUT2D eigenvalue weighted by molar-refractivity contribution is 5.90. The Morgan fingerprint density at radius 3 is 1.25 bits per heavy atom. The number of carbonyl (C=O) groups is 2. The van der Waals surface area contributed by atoms with Gasteiger partial charge in [0.25, 0.3) is 0 Å². The monoisotopic (exact) mass is 478 g/mol. The standard InChI is InChI=1S/C32H30O4/c1-7-9-25-19-30(24-13-17-28(18-14-24)36-32(34)22(5)6)26(10-8-2)20-29(25)23-11-15-27(16-12-23)35-31(33)21(3)4/h7-20H,3,5H2,1-2,4,6H3/b9-7+,10-8+. The molecule has 0 radical (unpaired) electrons. The molecule has 0 aliphatic heterocycles. The van der Waals surface area contributed by atoms with Crippen LogP contribution in [0.5, 0.6) is 11.5 Å². The van der Waals surface area contributed by atoms with Crippen molar-refractivity contribution in [3.63, 3.8) is 0 Å². The Morgan fingerprint density at radius 1 is 0.639 bits per heavy atom. The first-order valence-corrected chi connectivity index (χ1v) is 11.6. The van der Waals surface area contributed by atoms with Crippen molar-refractivity contribution in [1.82, 2.24) is 0 Å². The van der Waals surface area contributed by atoms with Crippen LogP contribution in [0.2, 0.25) is 0 Å². The van der Waals surface area contributed by atoms with Gasteiger partial charge in [0, 0.05) is 11.1 Å². The average Bonchev–Trinajstić information content (AvgIpc) is 2.86. The zero-order valence-corrected chi connectivity index (χ0v) is 21.1. The number of rotatable bonds is 8. The van der Waals surface area contributed by atoms with E-state index in [-0.39, 0.29) is 0 Å². The molecule has 0 aliphatic carbocycles. The molecule has 0 unspecified atom stereocenters. The van der Waals surface area contributed by atoms with Gasteiger partial charge in [-0.2, -0.15) is 0 Å². The Morgan fingerprint density at radius 2 is 0.972 bits per heavy atom. The fraction of sp³-hybridized carbons (Fsp3) is 0.125. The second kappa shape index (κ2) is 11.8. The van der Waals surface area contributed by atoms with Gasteiger partial charge in [-0.1, -0.05) is 61.7 Å². The van der Waals surface area contributed by atoms with Crippen molar-refractivity contribution >= 4 is 24.1 Å². The lowest BCUT2D eigenvalue weighted by Gasteiger charge is -2.15. The predicted molar refractivity (Wildman–Crippen MR) is 148 cm³/mol. The molecular weight excluding hydrogens is 448 g/mol. The molecule has 0 aliphatic rings. The Labute approximate surface area is 212 Å². The van der Waals surface area contributed by atoms with Gasteiger partial charge in [-0.3, -0.25) is 0 Å². The summed E-state index contributed by atoms with van der Waals surface area (Å²) in [5, 5.41) is 0. The van der Waals surface area contributed by atoms with Gasteiger partial charge < -0.3 is 9.47 Å². The molecule has 0 bridgehead atoms. The fourth-order valence-corrected chi connectivity index (χ4v) is 3.56. The normalized spacial score (nSPS) is 11.0. The van der Waals surface area contributed by atoms with Crippen molar-refractivity contribution in [3.05, 3.63) is 108 Å². The molecule has 3 rings (SSSR count). The SMILES string of the molecule is C=C(C)C(=O)Oc1ccc(-c2cc(/C=C/C)c(-c3ccc(OC(=O)C(=C)C)cc3)cc2/C=C/C)cc1. The van der Waals surface area contributed by atoms with Crippen LogP contribution < -0.4 is 9.47 Å². The average molecular weight is 479 g/mol. The number of hydrogen-bond donors (Lipinski definition) is 0. The van der Waals surface area contributed by atoms with E-state index < -0.39 is 11.9 Å². The zero-order chi connectivity index (χ0) is 26.2. The molecular formula is C32H30O4. The van der Waals surface area contributed by atoms with Crippen LogP contribution in [0.15, 0.2) is 97.1 Å². The molecule has 4 nitrogen and oxygen atoms in total. The van der Waals surface area contributed by atoms with Crippen molar-refractivity contribution in [1.29, 1.82) is 0 Å². The van der Waals surface area contributed by atoms with Crippen molar-refractivity contribution in [2.24, 2.45) is 0 Å². The Hall–Kier alpha value is -4.44.